The Labute approximate surface area is 131 Å². The number of carbonyl (C=O) groups excluding carboxylic acids is 2. The molecule has 0 saturated carbocycles. The third-order valence-corrected chi connectivity index (χ3v) is 4.60. The fourth-order valence-corrected chi connectivity index (χ4v) is 3.29. The molecular formula is C14H16BrClN2O2. The van der Waals surface area contributed by atoms with E-state index >= 15 is 0 Å². The Bertz CT molecular complexity index is 550. The first-order valence-electron chi connectivity index (χ1n) is 6.45. The molecule has 2 N–H and O–H groups in total. The third-order valence-electron chi connectivity index (χ3n) is 3.71. The lowest BCUT2D eigenvalue weighted by Gasteiger charge is -2.37. The number of halogens is 2. The van der Waals surface area contributed by atoms with Crippen molar-refractivity contribution < 1.29 is 9.59 Å². The zero-order valence-corrected chi connectivity index (χ0v) is 13.4. The van der Waals surface area contributed by atoms with Gasteiger partial charge in [-0.25, -0.2) is 0 Å². The summed E-state index contributed by atoms with van der Waals surface area (Å²) in [6, 6.07) is 5.16. The standard InChI is InChI=1S/C14H16BrClN2O2/c1-8-2-3-9(13(17)19)7-18(8)14(20)11-5-4-10(16)6-12(11)15/h4-6,8-9H,2-3,7H2,1H3,(H2,17,19). The van der Waals surface area contributed by atoms with Gasteiger partial charge in [-0.15, -0.1) is 0 Å². The van der Waals surface area contributed by atoms with Crippen molar-refractivity contribution >= 4 is 39.3 Å². The third kappa shape index (κ3) is 3.15. The van der Waals surface area contributed by atoms with Crippen LogP contribution in [0.4, 0.5) is 0 Å². The van der Waals surface area contributed by atoms with Gasteiger partial charge in [0, 0.05) is 22.1 Å². The molecular weight excluding hydrogens is 344 g/mol. The van der Waals surface area contributed by atoms with Crippen molar-refractivity contribution in [1.82, 2.24) is 4.90 Å². The highest BCUT2D eigenvalue weighted by Gasteiger charge is 2.32. The van der Waals surface area contributed by atoms with Gasteiger partial charge in [0.05, 0.1) is 11.5 Å². The Kier molecular flexibility index (Phi) is 4.70. The van der Waals surface area contributed by atoms with E-state index in [0.717, 1.165) is 12.8 Å². The summed E-state index contributed by atoms with van der Waals surface area (Å²) in [6.07, 6.45) is 1.52. The summed E-state index contributed by atoms with van der Waals surface area (Å²) in [5, 5.41) is 0.565. The minimum absolute atomic E-state index is 0.0979. The molecule has 2 rings (SSSR count). The van der Waals surface area contributed by atoms with Crippen LogP contribution in [0.15, 0.2) is 22.7 Å². The predicted molar refractivity (Wildman–Crippen MR) is 81.6 cm³/mol. The molecule has 2 unspecified atom stereocenters. The molecule has 20 heavy (non-hydrogen) atoms. The van der Waals surface area contributed by atoms with Crippen LogP contribution in [0.2, 0.25) is 5.02 Å². The number of rotatable bonds is 2. The van der Waals surface area contributed by atoms with Gasteiger partial charge in [-0.1, -0.05) is 11.6 Å². The molecule has 2 atom stereocenters. The number of primary amides is 1. The summed E-state index contributed by atoms with van der Waals surface area (Å²) in [6.45, 7) is 2.36. The molecule has 0 aliphatic carbocycles. The normalized spacial score (nSPS) is 22.6. The van der Waals surface area contributed by atoms with Crippen molar-refractivity contribution in [2.75, 3.05) is 6.54 Å². The summed E-state index contributed by atoms with van der Waals surface area (Å²) >= 11 is 9.24. The molecule has 1 aromatic carbocycles. The van der Waals surface area contributed by atoms with Crippen LogP contribution in [0.25, 0.3) is 0 Å². The number of carbonyl (C=O) groups is 2. The second kappa shape index (κ2) is 6.14. The van der Waals surface area contributed by atoms with Crippen molar-refractivity contribution in [1.29, 1.82) is 0 Å². The highest BCUT2D eigenvalue weighted by molar-refractivity contribution is 9.10. The molecule has 0 spiro atoms. The second-order valence-electron chi connectivity index (χ2n) is 5.11. The Morgan fingerprint density at radius 3 is 2.70 bits per heavy atom. The maximum atomic E-state index is 12.6. The molecule has 108 valence electrons. The lowest BCUT2D eigenvalue weighted by atomic mass is 9.92. The smallest absolute Gasteiger partial charge is 0.255 e. The van der Waals surface area contributed by atoms with Gasteiger partial charge in [0.1, 0.15) is 0 Å². The van der Waals surface area contributed by atoms with Gasteiger partial charge in [0.15, 0.2) is 0 Å². The molecule has 1 saturated heterocycles. The largest absolute Gasteiger partial charge is 0.369 e. The molecule has 0 bridgehead atoms. The number of hydrogen-bond donors (Lipinski definition) is 1. The zero-order chi connectivity index (χ0) is 14.9. The number of nitrogens with zero attached hydrogens (tertiary/aromatic N) is 1. The summed E-state index contributed by atoms with van der Waals surface area (Å²) in [4.78, 5) is 25.7. The first kappa shape index (κ1) is 15.3. The molecule has 0 radical (unpaired) electrons. The summed E-state index contributed by atoms with van der Waals surface area (Å²) < 4.78 is 0.656. The maximum absolute atomic E-state index is 12.6. The van der Waals surface area contributed by atoms with Crippen molar-refractivity contribution in [3.8, 4) is 0 Å². The molecule has 1 heterocycles. The van der Waals surface area contributed by atoms with E-state index in [4.69, 9.17) is 17.3 Å². The predicted octanol–water partition coefficient (Wildman–Crippen LogP) is 2.83. The van der Waals surface area contributed by atoms with E-state index in [9.17, 15) is 9.59 Å². The van der Waals surface area contributed by atoms with Crippen LogP contribution in [0.1, 0.15) is 30.1 Å². The van der Waals surface area contributed by atoms with E-state index in [2.05, 4.69) is 15.9 Å². The highest BCUT2D eigenvalue weighted by atomic mass is 79.9. The first-order valence-corrected chi connectivity index (χ1v) is 7.62. The molecule has 2 amide bonds. The van der Waals surface area contributed by atoms with Gasteiger partial charge in [-0.3, -0.25) is 9.59 Å². The van der Waals surface area contributed by atoms with E-state index in [1.807, 2.05) is 6.92 Å². The average molecular weight is 360 g/mol. The van der Waals surface area contributed by atoms with Crippen LogP contribution in [0, 0.1) is 5.92 Å². The van der Waals surface area contributed by atoms with E-state index < -0.39 is 0 Å². The Hall–Kier alpha value is -1.07. The van der Waals surface area contributed by atoms with Crippen LogP contribution >= 0.6 is 27.5 Å². The van der Waals surface area contributed by atoms with Crippen molar-refractivity contribution in [3.05, 3.63) is 33.3 Å². The molecule has 4 nitrogen and oxygen atoms in total. The van der Waals surface area contributed by atoms with Crippen LogP contribution in [0.3, 0.4) is 0 Å². The second-order valence-corrected chi connectivity index (χ2v) is 6.40. The summed E-state index contributed by atoms with van der Waals surface area (Å²) in [7, 11) is 0. The first-order chi connectivity index (χ1) is 9.40. The highest BCUT2D eigenvalue weighted by Crippen LogP contribution is 2.27. The monoisotopic (exact) mass is 358 g/mol. The number of nitrogens with two attached hydrogens (primary N) is 1. The van der Waals surface area contributed by atoms with Crippen LogP contribution in [-0.4, -0.2) is 29.3 Å². The number of amides is 2. The minimum Gasteiger partial charge on any atom is -0.369 e. The topological polar surface area (TPSA) is 63.4 Å². The Morgan fingerprint density at radius 1 is 1.40 bits per heavy atom. The fourth-order valence-electron chi connectivity index (χ4n) is 2.44. The maximum Gasteiger partial charge on any atom is 0.255 e. The lowest BCUT2D eigenvalue weighted by molar-refractivity contribution is -0.123. The van der Waals surface area contributed by atoms with Gasteiger partial charge in [-0.2, -0.15) is 0 Å². The number of likely N-dealkylation sites (tertiary alicyclic amines) is 1. The fraction of sp³-hybridized carbons (Fsp3) is 0.429. The quantitative estimate of drug-likeness (QED) is 0.882. The lowest BCUT2D eigenvalue weighted by Crippen LogP contribution is -2.48. The SMILES string of the molecule is CC1CCC(C(N)=O)CN1C(=O)c1ccc(Cl)cc1Br. The summed E-state index contributed by atoms with van der Waals surface area (Å²) in [5.41, 5.74) is 5.91. The number of benzene rings is 1. The zero-order valence-electron chi connectivity index (χ0n) is 11.1. The van der Waals surface area contributed by atoms with Gasteiger partial charge in [0.25, 0.3) is 5.91 Å². The van der Waals surface area contributed by atoms with Crippen molar-refractivity contribution in [2.24, 2.45) is 11.7 Å². The number of hydrogen-bond acceptors (Lipinski definition) is 2. The van der Waals surface area contributed by atoms with Crippen molar-refractivity contribution in [2.45, 2.75) is 25.8 Å². The van der Waals surface area contributed by atoms with Crippen molar-refractivity contribution in [3.63, 3.8) is 0 Å². The number of piperidine rings is 1. The average Bonchev–Trinajstić information content (AvgIpc) is 2.38. The molecule has 1 aliphatic heterocycles. The Morgan fingerprint density at radius 2 is 2.10 bits per heavy atom. The summed E-state index contributed by atoms with van der Waals surface area (Å²) in [5.74, 6) is -0.710. The Balaban J connectivity index is 2.24. The van der Waals surface area contributed by atoms with Crippen LogP contribution in [-0.2, 0) is 4.79 Å². The van der Waals surface area contributed by atoms with Gasteiger partial charge >= 0.3 is 0 Å². The molecule has 1 aliphatic rings. The van der Waals surface area contributed by atoms with Gasteiger partial charge in [0.2, 0.25) is 5.91 Å². The molecule has 6 heteroatoms. The van der Waals surface area contributed by atoms with Crippen LogP contribution < -0.4 is 5.73 Å². The van der Waals surface area contributed by atoms with E-state index in [1.165, 1.54) is 0 Å². The van der Waals surface area contributed by atoms with Gasteiger partial charge < -0.3 is 10.6 Å². The molecule has 1 aromatic rings. The molecule has 1 fully saturated rings. The van der Waals surface area contributed by atoms with E-state index in [0.29, 0.717) is 21.6 Å². The van der Waals surface area contributed by atoms with Crippen LogP contribution in [0.5, 0.6) is 0 Å². The minimum atomic E-state index is -0.343. The van der Waals surface area contributed by atoms with Gasteiger partial charge in [-0.05, 0) is 53.9 Å². The molecule has 0 aromatic heterocycles. The van der Waals surface area contributed by atoms with E-state index in [-0.39, 0.29) is 23.8 Å². The van der Waals surface area contributed by atoms with E-state index in [1.54, 1.807) is 23.1 Å².